The Morgan fingerprint density at radius 1 is 1.23 bits per heavy atom. The van der Waals surface area contributed by atoms with E-state index in [1.165, 1.54) is 0 Å². The lowest BCUT2D eigenvalue weighted by molar-refractivity contribution is -0.122. The first-order valence-electron chi connectivity index (χ1n) is 4.44. The minimum absolute atomic E-state index is 0.00115. The van der Waals surface area contributed by atoms with E-state index >= 15 is 0 Å². The van der Waals surface area contributed by atoms with Crippen molar-refractivity contribution in [3.63, 3.8) is 0 Å². The van der Waals surface area contributed by atoms with Gasteiger partial charge in [0.15, 0.2) is 0 Å². The molecule has 2 amide bonds. The van der Waals surface area contributed by atoms with Crippen LogP contribution in [0.2, 0.25) is 0 Å². The SMILES string of the molecule is CCNC(=O)CCCNC(=O)CN. The normalized spacial score (nSPS) is 9.38. The Morgan fingerprint density at radius 3 is 2.46 bits per heavy atom. The molecule has 0 unspecified atom stereocenters. The molecule has 0 radical (unpaired) electrons. The first kappa shape index (κ1) is 11.9. The molecule has 0 aliphatic heterocycles. The molecule has 0 aliphatic carbocycles. The molecule has 5 nitrogen and oxygen atoms in total. The zero-order valence-electron chi connectivity index (χ0n) is 7.93. The van der Waals surface area contributed by atoms with Gasteiger partial charge in [-0.3, -0.25) is 9.59 Å². The van der Waals surface area contributed by atoms with Crippen LogP contribution >= 0.6 is 0 Å². The Kier molecular flexibility index (Phi) is 6.91. The second-order valence-corrected chi connectivity index (χ2v) is 2.61. The van der Waals surface area contributed by atoms with E-state index in [2.05, 4.69) is 10.6 Å². The summed E-state index contributed by atoms with van der Waals surface area (Å²) >= 11 is 0. The molecule has 4 N–H and O–H groups in total. The van der Waals surface area contributed by atoms with Crippen LogP contribution in [0.25, 0.3) is 0 Å². The second kappa shape index (κ2) is 7.54. The van der Waals surface area contributed by atoms with E-state index in [0.29, 0.717) is 25.9 Å². The summed E-state index contributed by atoms with van der Waals surface area (Å²) in [5, 5.41) is 5.26. The molecule has 0 spiro atoms. The highest BCUT2D eigenvalue weighted by atomic mass is 16.2. The number of hydrogen-bond donors (Lipinski definition) is 3. The maximum Gasteiger partial charge on any atom is 0.233 e. The van der Waals surface area contributed by atoms with Crippen molar-refractivity contribution in [3.05, 3.63) is 0 Å². The fourth-order valence-corrected chi connectivity index (χ4v) is 0.834. The zero-order chi connectivity index (χ0) is 10.1. The van der Waals surface area contributed by atoms with Crippen LogP contribution in [0.3, 0.4) is 0 Å². The highest BCUT2D eigenvalue weighted by molar-refractivity contribution is 5.78. The van der Waals surface area contributed by atoms with Crippen LogP contribution in [-0.2, 0) is 9.59 Å². The van der Waals surface area contributed by atoms with Gasteiger partial charge < -0.3 is 16.4 Å². The largest absolute Gasteiger partial charge is 0.356 e. The number of nitrogens with two attached hydrogens (primary N) is 1. The lowest BCUT2D eigenvalue weighted by atomic mass is 10.3. The Bertz CT molecular complexity index is 171. The third kappa shape index (κ3) is 7.27. The zero-order valence-corrected chi connectivity index (χ0v) is 7.93. The average molecular weight is 187 g/mol. The highest BCUT2D eigenvalue weighted by Gasteiger charge is 1.99. The van der Waals surface area contributed by atoms with Crippen molar-refractivity contribution in [1.82, 2.24) is 10.6 Å². The maximum absolute atomic E-state index is 10.9. The van der Waals surface area contributed by atoms with Crippen LogP contribution in [0.4, 0.5) is 0 Å². The molecule has 0 saturated carbocycles. The minimum Gasteiger partial charge on any atom is -0.356 e. The summed E-state index contributed by atoms with van der Waals surface area (Å²) in [7, 11) is 0. The molecule has 0 atom stereocenters. The van der Waals surface area contributed by atoms with Crippen molar-refractivity contribution in [2.24, 2.45) is 5.73 Å². The summed E-state index contributed by atoms with van der Waals surface area (Å²) in [6, 6.07) is 0. The van der Waals surface area contributed by atoms with Gasteiger partial charge in [-0.2, -0.15) is 0 Å². The van der Waals surface area contributed by atoms with Crippen LogP contribution in [0.5, 0.6) is 0 Å². The molecule has 76 valence electrons. The quantitative estimate of drug-likeness (QED) is 0.465. The first-order chi connectivity index (χ1) is 6.20. The summed E-state index contributed by atoms with van der Waals surface area (Å²) in [5.41, 5.74) is 5.07. The summed E-state index contributed by atoms with van der Waals surface area (Å²) in [6.07, 6.45) is 1.09. The number of amides is 2. The van der Waals surface area contributed by atoms with E-state index in [1.54, 1.807) is 0 Å². The van der Waals surface area contributed by atoms with Gasteiger partial charge in [-0.1, -0.05) is 0 Å². The van der Waals surface area contributed by atoms with Crippen molar-refractivity contribution in [1.29, 1.82) is 0 Å². The van der Waals surface area contributed by atoms with Gasteiger partial charge in [0.25, 0.3) is 0 Å². The highest BCUT2D eigenvalue weighted by Crippen LogP contribution is 1.86. The average Bonchev–Trinajstić information content (AvgIpc) is 2.12. The standard InChI is InChI=1S/C8H17N3O2/c1-2-10-7(12)4-3-5-11-8(13)6-9/h2-6,9H2,1H3,(H,10,12)(H,11,13). The van der Waals surface area contributed by atoms with Crippen molar-refractivity contribution >= 4 is 11.8 Å². The fourth-order valence-electron chi connectivity index (χ4n) is 0.834. The van der Waals surface area contributed by atoms with Gasteiger partial charge in [-0.15, -0.1) is 0 Å². The van der Waals surface area contributed by atoms with Gasteiger partial charge in [0.2, 0.25) is 11.8 Å². The van der Waals surface area contributed by atoms with Crippen molar-refractivity contribution < 1.29 is 9.59 Å². The van der Waals surface area contributed by atoms with Gasteiger partial charge in [0, 0.05) is 19.5 Å². The second-order valence-electron chi connectivity index (χ2n) is 2.61. The van der Waals surface area contributed by atoms with E-state index in [9.17, 15) is 9.59 Å². The monoisotopic (exact) mass is 187 g/mol. The summed E-state index contributed by atoms with van der Waals surface area (Å²) < 4.78 is 0. The number of hydrogen-bond acceptors (Lipinski definition) is 3. The summed E-state index contributed by atoms with van der Waals surface area (Å²) in [5.74, 6) is -0.166. The predicted octanol–water partition coefficient (Wildman–Crippen LogP) is -1.02. The molecule has 0 saturated heterocycles. The first-order valence-corrected chi connectivity index (χ1v) is 4.44. The van der Waals surface area contributed by atoms with Gasteiger partial charge in [-0.05, 0) is 13.3 Å². The molecule has 13 heavy (non-hydrogen) atoms. The fraction of sp³-hybridized carbons (Fsp3) is 0.750. The van der Waals surface area contributed by atoms with Crippen molar-refractivity contribution in [3.8, 4) is 0 Å². The smallest absolute Gasteiger partial charge is 0.233 e. The molecular weight excluding hydrogens is 170 g/mol. The van der Waals surface area contributed by atoms with E-state index in [-0.39, 0.29) is 18.4 Å². The number of carbonyl (C=O) groups excluding carboxylic acids is 2. The predicted molar refractivity (Wildman–Crippen MR) is 50.0 cm³/mol. The molecule has 0 aromatic carbocycles. The molecule has 0 bridgehead atoms. The third-order valence-corrected chi connectivity index (χ3v) is 1.46. The minimum atomic E-state index is -0.184. The number of carbonyl (C=O) groups is 2. The Labute approximate surface area is 78.1 Å². The maximum atomic E-state index is 10.9. The van der Waals surface area contributed by atoms with Gasteiger partial charge >= 0.3 is 0 Å². The van der Waals surface area contributed by atoms with Gasteiger partial charge in [0.05, 0.1) is 6.54 Å². The summed E-state index contributed by atoms with van der Waals surface area (Å²) in [4.78, 5) is 21.6. The van der Waals surface area contributed by atoms with Crippen LogP contribution < -0.4 is 16.4 Å². The Hall–Kier alpha value is -1.10. The van der Waals surface area contributed by atoms with Crippen LogP contribution in [-0.4, -0.2) is 31.4 Å². The van der Waals surface area contributed by atoms with E-state index in [1.807, 2.05) is 6.92 Å². The Morgan fingerprint density at radius 2 is 1.92 bits per heavy atom. The van der Waals surface area contributed by atoms with E-state index < -0.39 is 0 Å². The number of rotatable bonds is 6. The van der Waals surface area contributed by atoms with E-state index in [0.717, 1.165) is 0 Å². The molecule has 5 heteroatoms. The molecular formula is C8H17N3O2. The van der Waals surface area contributed by atoms with E-state index in [4.69, 9.17) is 5.73 Å². The van der Waals surface area contributed by atoms with Crippen LogP contribution in [0.15, 0.2) is 0 Å². The van der Waals surface area contributed by atoms with Crippen molar-refractivity contribution in [2.75, 3.05) is 19.6 Å². The molecule has 0 aromatic rings. The Balaban J connectivity index is 3.25. The molecule has 0 rings (SSSR count). The number of nitrogens with one attached hydrogen (secondary N) is 2. The molecule has 0 heterocycles. The third-order valence-electron chi connectivity index (χ3n) is 1.46. The van der Waals surface area contributed by atoms with Gasteiger partial charge in [-0.25, -0.2) is 0 Å². The molecule has 0 fully saturated rings. The lowest BCUT2D eigenvalue weighted by Crippen LogP contribution is -2.31. The van der Waals surface area contributed by atoms with Crippen molar-refractivity contribution in [2.45, 2.75) is 19.8 Å². The van der Waals surface area contributed by atoms with Crippen LogP contribution in [0, 0.1) is 0 Å². The van der Waals surface area contributed by atoms with Crippen LogP contribution in [0.1, 0.15) is 19.8 Å². The topological polar surface area (TPSA) is 84.2 Å². The molecule has 0 aromatic heterocycles. The van der Waals surface area contributed by atoms with Gasteiger partial charge in [0.1, 0.15) is 0 Å². The lowest BCUT2D eigenvalue weighted by Gasteiger charge is -2.03. The summed E-state index contributed by atoms with van der Waals surface area (Å²) in [6.45, 7) is 3.02. The molecule has 0 aliphatic rings.